The summed E-state index contributed by atoms with van der Waals surface area (Å²) in [5.74, 6) is 0.230. The number of alkyl halides is 1. The molecule has 0 fully saturated rings. The average molecular weight is 211 g/mol. The molecule has 0 aromatic heterocycles. The van der Waals surface area contributed by atoms with Gasteiger partial charge in [-0.15, -0.1) is 18.2 Å². The van der Waals surface area contributed by atoms with Crippen molar-refractivity contribution in [1.82, 2.24) is 0 Å². The maximum absolute atomic E-state index is 10.1. The summed E-state index contributed by atoms with van der Waals surface area (Å²) < 4.78 is 0. The zero-order valence-corrected chi connectivity index (χ0v) is 8.87. The molecular weight excluding hydrogens is 196 g/mol. The summed E-state index contributed by atoms with van der Waals surface area (Å²) in [6, 6.07) is 9.84. The fraction of sp³-hybridized carbons (Fsp3) is 0.333. The molecule has 76 valence electrons. The van der Waals surface area contributed by atoms with E-state index in [-0.39, 0.29) is 5.88 Å². The second-order valence-corrected chi connectivity index (χ2v) is 3.78. The van der Waals surface area contributed by atoms with E-state index in [1.54, 1.807) is 6.08 Å². The second kappa shape index (κ2) is 5.18. The quantitative estimate of drug-likeness (QED) is 0.586. The van der Waals surface area contributed by atoms with Gasteiger partial charge in [-0.1, -0.05) is 36.4 Å². The molecule has 0 radical (unpaired) electrons. The van der Waals surface area contributed by atoms with Crippen LogP contribution in [0.15, 0.2) is 43.0 Å². The molecule has 0 saturated heterocycles. The minimum Gasteiger partial charge on any atom is -0.388 e. The monoisotopic (exact) mass is 210 g/mol. The molecule has 1 nitrogen and oxygen atoms in total. The van der Waals surface area contributed by atoms with Gasteiger partial charge in [0.1, 0.15) is 0 Å². The van der Waals surface area contributed by atoms with Crippen LogP contribution in [0.3, 0.4) is 0 Å². The van der Waals surface area contributed by atoms with Gasteiger partial charge in [0, 0.05) is 6.42 Å². The van der Waals surface area contributed by atoms with E-state index in [1.807, 2.05) is 30.3 Å². The highest BCUT2D eigenvalue weighted by Gasteiger charge is 2.24. The Morgan fingerprint density at radius 1 is 1.36 bits per heavy atom. The van der Waals surface area contributed by atoms with E-state index in [0.29, 0.717) is 12.8 Å². The summed E-state index contributed by atoms with van der Waals surface area (Å²) in [5.41, 5.74) is 0.238. The van der Waals surface area contributed by atoms with Gasteiger partial charge >= 0.3 is 0 Å². The fourth-order valence-corrected chi connectivity index (χ4v) is 1.62. The maximum Gasteiger partial charge on any atom is 0.0856 e. The van der Waals surface area contributed by atoms with Crippen molar-refractivity contribution in [3.05, 3.63) is 48.6 Å². The molecule has 0 saturated carbocycles. The third kappa shape index (κ3) is 3.17. The molecule has 1 aromatic rings. The van der Waals surface area contributed by atoms with Crippen molar-refractivity contribution in [3.63, 3.8) is 0 Å². The highest BCUT2D eigenvalue weighted by Crippen LogP contribution is 2.19. The van der Waals surface area contributed by atoms with Crippen molar-refractivity contribution in [3.8, 4) is 0 Å². The Hall–Kier alpha value is -0.790. The van der Waals surface area contributed by atoms with Crippen LogP contribution in [0.5, 0.6) is 0 Å². The predicted octanol–water partition coefficient (Wildman–Crippen LogP) is 2.78. The first-order valence-corrected chi connectivity index (χ1v) is 5.17. The summed E-state index contributed by atoms with van der Waals surface area (Å²) in [5, 5.41) is 10.1. The van der Waals surface area contributed by atoms with Gasteiger partial charge in [0.05, 0.1) is 11.5 Å². The van der Waals surface area contributed by atoms with Crippen molar-refractivity contribution in [2.45, 2.75) is 18.4 Å². The molecule has 1 aromatic carbocycles. The van der Waals surface area contributed by atoms with Gasteiger partial charge in [-0.3, -0.25) is 0 Å². The maximum atomic E-state index is 10.1. The van der Waals surface area contributed by atoms with Crippen LogP contribution in [0.1, 0.15) is 12.0 Å². The molecular formula is C12H15ClO. The summed E-state index contributed by atoms with van der Waals surface area (Å²) in [6.45, 7) is 3.62. The zero-order valence-electron chi connectivity index (χ0n) is 8.12. The predicted molar refractivity (Wildman–Crippen MR) is 60.6 cm³/mol. The number of hydrogen-bond donors (Lipinski definition) is 1. The highest BCUT2D eigenvalue weighted by molar-refractivity contribution is 6.18. The molecule has 1 N–H and O–H groups in total. The van der Waals surface area contributed by atoms with Crippen LogP contribution in [0, 0.1) is 0 Å². The molecule has 0 heterocycles. The normalized spacial score (nSPS) is 14.7. The van der Waals surface area contributed by atoms with E-state index in [4.69, 9.17) is 11.6 Å². The Balaban J connectivity index is 2.70. The van der Waals surface area contributed by atoms with Crippen LogP contribution in [-0.2, 0) is 6.42 Å². The number of halogens is 1. The number of hydrogen-bond acceptors (Lipinski definition) is 1. The van der Waals surface area contributed by atoms with Gasteiger partial charge in [-0.05, 0) is 12.0 Å². The molecule has 1 unspecified atom stereocenters. The van der Waals surface area contributed by atoms with Crippen LogP contribution < -0.4 is 0 Å². The third-order valence-electron chi connectivity index (χ3n) is 2.15. The van der Waals surface area contributed by atoms with Crippen LogP contribution in [-0.4, -0.2) is 16.6 Å². The molecule has 0 spiro atoms. The number of benzene rings is 1. The molecule has 0 aliphatic carbocycles. The van der Waals surface area contributed by atoms with Crippen LogP contribution >= 0.6 is 11.6 Å². The summed E-state index contributed by atoms with van der Waals surface area (Å²) >= 11 is 5.74. The van der Waals surface area contributed by atoms with Crippen molar-refractivity contribution in [1.29, 1.82) is 0 Å². The van der Waals surface area contributed by atoms with Gasteiger partial charge in [0.25, 0.3) is 0 Å². The lowest BCUT2D eigenvalue weighted by atomic mass is 9.93. The lowest BCUT2D eigenvalue weighted by molar-refractivity contribution is 0.0674. The minimum atomic E-state index is -0.856. The van der Waals surface area contributed by atoms with Crippen LogP contribution in [0.4, 0.5) is 0 Å². The number of aliphatic hydroxyl groups is 1. The lowest BCUT2D eigenvalue weighted by Crippen LogP contribution is -2.32. The standard InChI is InChI=1S/C12H15ClO/c1-2-8-12(14,10-13)9-11-6-4-3-5-7-11/h2-7,14H,1,8-10H2. The van der Waals surface area contributed by atoms with Crippen molar-refractivity contribution in [2.24, 2.45) is 0 Å². The van der Waals surface area contributed by atoms with E-state index < -0.39 is 5.60 Å². The number of rotatable bonds is 5. The zero-order chi connectivity index (χ0) is 10.4. The van der Waals surface area contributed by atoms with Gasteiger partial charge in [-0.2, -0.15) is 0 Å². The van der Waals surface area contributed by atoms with Gasteiger partial charge < -0.3 is 5.11 Å². The molecule has 1 atom stereocenters. The highest BCUT2D eigenvalue weighted by atomic mass is 35.5. The van der Waals surface area contributed by atoms with Gasteiger partial charge in [-0.25, -0.2) is 0 Å². The smallest absolute Gasteiger partial charge is 0.0856 e. The molecule has 0 aliphatic rings. The van der Waals surface area contributed by atoms with Crippen molar-refractivity contribution in [2.75, 3.05) is 5.88 Å². The average Bonchev–Trinajstić information content (AvgIpc) is 2.20. The Labute approximate surface area is 90.0 Å². The summed E-state index contributed by atoms with van der Waals surface area (Å²) in [7, 11) is 0. The van der Waals surface area contributed by atoms with E-state index in [9.17, 15) is 5.11 Å². The SMILES string of the molecule is C=CCC(O)(CCl)Cc1ccccc1. The molecule has 0 amide bonds. The molecule has 1 rings (SSSR count). The first-order valence-electron chi connectivity index (χ1n) is 4.63. The summed E-state index contributed by atoms with van der Waals surface area (Å²) in [4.78, 5) is 0. The Bertz CT molecular complexity index is 284. The molecule has 0 aliphatic heterocycles. The van der Waals surface area contributed by atoms with Crippen molar-refractivity contribution >= 4 is 11.6 Å². The largest absolute Gasteiger partial charge is 0.388 e. The van der Waals surface area contributed by atoms with Crippen LogP contribution in [0.25, 0.3) is 0 Å². The topological polar surface area (TPSA) is 20.2 Å². The Kier molecular flexibility index (Phi) is 4.18. The van der Waals surface area contributed by atoms with E-state index in [1.165, 1.54) is 0 Å². The van der Waals surface area contributed by atoms with E-state index in [2.05, 4.69) is 6.58 Å². The first-order chi connectivity index (χ1) is 6.70. The molecule has 14 heavy (non-hydrogen) atoms. The minimum absolute atomic E-state index is 0.230. The van der Waals surface area contributed by atoms with Gasteiger partial charge in [0.15, 0.2) is 0 Å². The third-order valence-corrected chi connectivity index (χ3v) is 2.65. The van der Waals surface area contributed by atoms with E-state index >= 15 is 0 Å². The van der Waals surface area contributed by atoms with E-state index in [0.717, 1.165) is 5.56 Å². The van der Waals surface area contributed by atoms with Crippen molar-refractivity contribution < 1.29 is 5.11 Å². The Morgan fingerprint density at radius 2 is 2.00 bits per heavy atom. The second-order valence-electron chi connectivity index (χ2n) is 3.51. The molecule has 2 heteroatoms. The first kappa shape index (κ1) is 11.3. The Morgan fingerprint density at radius 3 is 2.50 bits per heavy atom. The lowest BCUT2D eigenvalue weighted by Gasteiger charge is -2.24. The van der Waals surface area contributed by atoms with Crippen LogP contribution in [0.2, 0.25) is 0 Å². The van der Waals surface area contributed by atoms with Gasteiger partial charge in [0.2, 0.25) is 0 Å². The molecule has 0 bridgehead atoms. The fourth-order valence-electron chi connectivity index (χ4n) is 1.42. The summed E-state index contributed by atoms with van der Waals surface area (Å²) in [6.07, 6.45) is 2.79.